The van der Waals surface area contributed by atoms with E-state index in [2.05, 4.69) is 20.9 Å². The summed E-state index contributed by atoms with van der Waals surface area (Å²) in [7, 11) is 0. The van der Waals surface area contributed by atoms with Gasteiger partial charge in [0, 0.05) is 18.3 Å². The Bertz CT molecular complexity index is 548. The molecular weight excluding hydrogens is 311 g/mol. The normalized spacial score (nSPS) is 13.9. The van der Waals surface area contributed by atoms with Gasteiger partial charge in [0.15, 0.2) is 6.10 Å². The second kappa shape index (κ2) is 6.12. The molecule has 1 aromatic carbocycles. The van der Waals surface area contributed by atoms with Gasteiger partial charge >= 0.3 is 0 Å². The standard InChI is InChI=1S/C14H14BrFN2O/c1-9(17)14(13-4-2-3-7-18-13)19-10-5-6-11(15)12(16)8-10/h2-9,14H,17H2,1H3. The Labute approximate surface area is 119 Å². The first-order valence-corrected chi connectivity index (χ1v) is 6.65. The molecule has 0 radical (unpaired) electrons. The molecule has 0 spiro atoms. The van der Waals surface area contributed by atoms with Gasteiger partial charge in [-0.3, -0.25) is 4.98 Å². The lowest BCUT2D eigenvalue weighted by Gasteiger charge is -2.22. The molecule has 0 fully saturated rings. The maximum absolute atomic E-state index is 13.5. The molecule has 0 aliphatic heterocycles. The molecule has 2 rings (SSSR count). The number of halogens is 2. The zero-order valence-corrected chi connectivity index (χ0v) is 12.0. The predicted octanol–water partition coefficient (Wildman–Crippen LogP) is 3.45. The van der Waals surface area contributed by atoms with Crippen molar-refractivity contribution in [1.29, 1.82) is 0 Å². The molecule has 19 heavy (non-hydrogen) atoms. The van der Waals surface area contributed by atoms with Crippen LogP contribution >= 0.6 is 15.9 Å². The molecule has 0 aliphatic rings. The first-order valence-electron chi connectivity index (χ1n) is 5.86. The summed E-state index contributed by atoms with van der Waals surface area (Å²) in [5.74, 6) is 0.0515. The van der Waals surface area contributed by atoms with Crippen LogP contribution in [0.15, 0.2) is 47.1 Å². The highest BCUT2D eigenvalue weighted by Crippen LogP contribution is 2.26. The molecule has 2 aromatic rings. The summed E-state index contributed by atoms with van der Waals surface area (Å²) >= 11 is 3.10. The zero-order chi connectivity index (χ0) is 13.8. The van der Waals surface area contributed by atoms with Gasteiger partial charge in [0.25, 0.3) is 0 Å². The number of hydrogen-bond donors (Lipinski definition) is 1. The minimum absolute atomic E-state index is 0.262. The molecule has 2 atom stereocenters. The summed E-state index contributed by atoms with van der Waals surface area (Å²) in [4.78, 5) is 4.23. The van der Waals surface area contributed by atoms with Crippen LogP contribution in [0.5, 0.6) is 5.75 Å². The Morgan fingerprint density at radius 2 is 2.11 bits per heavy atom. The topological polar surface area (TPSA) is 48.1 Å². The van der Waals surface area contributed by atoms with E-state index >= 15 is 0 Å². The van der Waals surface area contributed by atoms with Gasteiger partial charge in [-0.25, -0.2) is 4.39 Å². The van der Waals surface area contributed by atoms with E-state index in [1.54, 1.807) is 18.3 Å². The van der Waals surface area contributed by atoms with E-state index in [4.69, 9.17) is 10.5 Å². The number of ether oxygens (including phenoxy) is 1. The SMILES string of the molecule is CC(N)C(Oc1ccc(Br)c(F)c1)c1ccccn1. The Morgan fingerprint density at radius 1 is 1.32 bits per heavy atom. The van der Waals surface area contributed by atoms with Crippen molar-refractivity contribution in [3.8, 4) is 5.75 Å². The van der Waals surface area contributed by atoms with Crippen molar-refractivity contribution in [3.63, 3.8) is 0 Å². The van der Waals surface area contributed by atoms with Crippen LogP contribution in [0.3, 0.4) is 0 Å². The fraction of sp³-hybridized carbons (Fsp3) is 0.214. The van der Waals surface area contributed by atoms with Crippen LogP contribution in [0.4, 0.5) is 4.39 Å². The van der Waals surface area contributed by atoms with Crippen LogP contribution in [-0.4, -0.2) is 11.0 Å². The van der Waals surface area contributed by atoms with Gasteiger partial charge < -0.3 is 10.5 Å². The Hall–Kier alpha value is -1.46. The highest BCUT2D eigenvalue weighted by Gasteiger charge is 2.19. The average Bonchev–Trinajstić information content (AvgIpc) is 2.40. The minimum Gasteiger partial charge on any atom is -0.482 e. The number of benzene rings is 1. The molecule has 0 aliphatic carbocycles. The lowest BCUT2D eigenvalue weighted by Crippen LogP contribution is -2.29. The molecule has 100 valence electrons. The van der Waals surface area contributed by atoms with Gasteiger partial charge in [-0.1, -0.05) is 6.07 Å². The third-order valence-corrected chi connectivity index (χ3v) is 3.25. The van der Waals surface area contributed by atoms with E-state index in [1.165, 1.54) is 6.07 Å². The molecule has 2 unspecified atom stereocenters. The molecule has 1 heterocycles. The number of pyridine rings is 1. The smallest absolute Gasteiger partial charge is 0.155 e. The zero-order valence-electron chi connectivity index (χ0n) is 10.4. The first-order chi connectivity index (χ1) is 9.08. The molecule has 0 saturated carbocycles. The molecule has 0 saturated heterocycles. The van der Waals surface area contributed by atoms with Gasteiger partial charge in [0.1, 0.15) is 11.6 Å². The minimum atomic E-state index is -0.415. The maximum atomic E-state index is 13.5. The van der Waals surface area contributed by atoms with Crippen LogP contribution in [-0.2, 0) is 0 Å². The summed E-state index contributed by atoms with van der Waals surface area (Å²) in [6.07, 6.45) is 1.26. The van der Waals surface area contributed by atoms with Crippen molar-refractivity contribution in [3.05, 3.63) is 58.6 Å². The highest BCUT2D eigenvalue weighted by molar-refractivity contribution is 9.10. The van der Waals surface area contributed by atoms with Crippen molar-refractivity contribution in [2.24, 2.45) is 5.73 Å². The van der Waals surface area contributed by atoms with E-state index in [9.17, 15) is 4.39 Å². The van der Waals surface area contributed by atoms with Crippen molar-refractivity contribution < 1.29 is 9.13 Å². The second-order valence-electron chi connectivity index (χ2n) is 4.23. The Kier molecular flexibility index (Phi) is 4.50. The molecule has 0 amide bonds. The third kappa shape index (κ3) is 3.52. The monoisotopic (exact) mass is 324 g/mol. The van der Waals surface area contributed by atoms with E-state index in [0.29, 0.717) is 10.2 Å². The van der Waals surface area contributed by atoms with Gasteiger partial charge in [-0.05, 0) is 47.1 Å². The van der Waals surface area contributed by atoms with Gasteiger partial charge in [-0.15, -0.1) is 0 Å². The molecule has 5 heteroatoms. The van der Waals surface area contributed by atoms with Crippen LogP contribution in [0.1, 0.15) is 18.7 Å². The third-order valence-electron chi connectivity index (χ3n) is 2.61. The molecular formula is C14H14BrFN2O. The summed E-state index contributed by atoms with van der Waals surface area (Å²) < 4.78 is 19.6. The average molecular weight is 325 g/mol. The lowest BCUT2D eigenvalue weighted by molar-refractivity contribution is 0.175. The number of nitrogens with zero attached hydrogens (tertiary/aromatic N) is 1. The molecule has 3 nitrogen and oxygen atoms in total. The summed E-state index contributed by atoms with van der Waals surface area (Å²) in [6, 6.07) is 9.87. The highest BCUT2D eigenvalue weighted by atomic mass is 79.9. The van der Waals surface area contributed by atoms with Gasteiger partial charge in [0.05, 0.1) is 10.2 Å². The largest absolute Gasteiger partial charge is 0.482 e. The molecule has 1 aromatic heterocycles. The maximum Gasteiger partial charge on any atom is 0.155 e. The van der Waals surface area contributed by atoms with E-state index in [0.717, 1.165) is 5.69 Å². The number of hydrogen-bond acceptors (Lipinski definition) is 3. The lowest BCUT2D eigenvalue weighted by atomic mass is 10.1. The molecule has 0 bridgehead atoms. The predicted molar refractivity (Wildman–Crippen MR) is 75.4 cm³/mol. The number of aromatic nitrogens is 1. The Balaban J connectivity index is 2.24. The van der Waals surface area contributed by atoms with E-state index < -0.39 is 6.10 Å². The van der Waals surface area contributed by atoms with Crippen LogP contribution < -0.4 is 10.5 Å². The Morgan fingerprint density at radius 3 is 2.68 bits per heavy atom. The number of nitrogens with two attached hydrogens (primary N) is 1. The van der Waals surface area contributed by atoms with Gasteiger partial charge in [-0.2, -0.15) is 0 Å². The van der Waals surface area contributed by atoms with E-state index in [1.807, 2.05) is 25.1 Å². The number of rotatable bonds is 4. The van der Waals surface area contributed by atoms with Crippen molar-refractivity contribution >= 4 is 15.9 Å². The van der Waals surface area contributed by atoms with Crippen LogP contribution in [0.25, 0.3) is 0 Å². The summed E-state index contributed by atoms with van der Waals surface area (Å²) in [6.45, 7) is 1.83. The molecule has 2 N–H and O–H groups in total. The summed E-state index contributed by atoms with van der Waals surface area (Å²) in [5.41, 5.74) is 6.64. The fourth-order valence-corrected chi connectivity index (χ4v) is 1.92. The second-order valence-corrected chi connectivity index (χ2v) is 5.08. The first kappa shape index (κ1) is 14.0. The van der Waals surface area contributed by atoms with Crippen molar-refractivity contribution in [2.45, 2.75) is 19.1 Å². The van der Waals surface area contributed by atoms with Gasteiger partial charge in [0.2, 0.25) is 0 Å². The van der Waals surface area contributed by atoms with Crippen LogP contribution in [0, 0.1) is 5.82 Å². The fourth-order valence-electron chi connectivity index (χ4n) is 1.68. The van der Waals surface area contributed by atoms with Crippen molar-refractivity contribution in [1.82, 2.24) is 4.98 Å². The quantitative estimate of drug-likeness (QED) is 0.937. The summed E-state index contributed by atoms with van der Waals surface area (Å²) in [5, 5.41) is 0. The van der Waals surface area contributed by atoms with Crippen molar-refractivity contribution in [2.75, 3.05) is 0 Å². The van der Waals surface area contributed by atoms with E-state index in [-0.39, 0.29) is 11.9 Å². The van der Waals surface area contributed by atoms with Crippen LogP contribution in [0.2, 0.25) is 0 Å².